The van der Waals surface area contributed by atoms with Gasteiger partial charge in [0.2, 0.25) is 0 Å². The van der Waals surface area contributed by atoms with E-state index in [4.69, 9.17) is 22.4 Å². The molecular formula is C16H17ClN2O4S. The number of nitrogens with two attached hydrogens (primary N) is 1. The molecule has 128 valence electrons. The minimum Gasteiger partial charge on any atom is -0.480 e. The number of aryl methyl sites for hydroxylation is 1. The number of benzene rings is 2. The van der Waals surface area contributed by atoms with Gasteiger partial charge in [0.15, 0.2) is 0 Å². The van der Waals surface area contributed by atoms with E-state index in [0.717, 1.165) is 5.56 Å². The van der Waals surface area contributed by atoms with E-state index in [0.29, 0.717) is 16.3 Å². The van der Waals surface area contributed by atoms with Crippen molar-refractivity contribution in [1.82, 2.24) is 0 Å². The number of nitrogens with one attached hydrogen (secondary N) is 1. The lowest BCUT2D eigenvalue weighted by molar-refractivity contribution is -0.138. The van der Waals surface area contributed by atoms with Gasteiger partial charge in [-0.1, -0.05) is 17.7 Å². The summed E-state index contributed by atoms with van der Waals surface area (Å²) in [5, 5.41) is 9.35. The van der Waals surface area contributed by atoms with E-state index in [-0.39, 0.29) is 11.3 Å². The van der Waals surface area contributed by atoms with Crippen molar-refractivity contribution in [3.8, 4) is 0 Å². The summed E-state index contributed by atoms with van der Waals surface area (Å²) in [6.07, 6.45) is 0.109. The summed E-state index contributed by atoms with van der Waals surface area (Å²) >= 11 is 5.76. The summed E-state index contributed by atoms with van der Waals surface area (Å²) in [6, 6.07) is 9.64. The summed E-state index contributed by atoms with van der Waals surface area (Å²) in [4.78, 5) is 11.0. The molecule has 0 fully saturated rings. The van der Waals surface area contributed by atoms with Crippen LogP contribution in [-0.4, -0.2) is 25.5 Å². The first-order chi connectivity index (χ1) is 11.2. The van der Waals surface area contributed by atoms with E-state index in [1.54, 1.807) is 25.1 Å². The number of aliphatic carboxylic acids is 1. The van der Waals surface area contributed by atoms with Gasteiger partial charge in [0.25, 0.3) is 10.0 Å². The van der Waals surface area contributed by atoms with Crippen molar-refractivity contribution in [3.63, 3.8) is 0 Å². The van der Waals surface area contributed by atoms with Crippen LogP contribution in [0, 0.1) is 6.92 Å². The molecule has 8 heteroatoms. The topological polar surface area (TPSA) is 109 Å². The highest BCUT2D eigenvalue weighted by atomic mass is 35.5. The van der Waals surface area contributed by atoms with Crippen molar-refractivity contribution in [2.45, 2.75) is 24.3 Å². The predicted molar refractivity (Wildman–Crippen MR) is 92.8 cm³/mol. The standard InChI is InChI=1S/C16H17ClN2O4S/c1-10-2-5-13(8-11(10)9-15(18)16(20)21)19-24(22,23)14-6-3-12(17)4-7-14/h2-8,15,19H,9,18H2,1H3,(H,20,21)/t15-/m0/s1. The van der Waals surface area contributed by atoms with Crippen LogP contribution in [0.1, 0.15) is 11.1 Å². The van der Waals surface area contributed by atoms with Crippen LogP contribution in [0.3, 0.4) is 0 Å². The van der Waals surface area contributed by atoms with Gasteiger partial charge in [-0.05, 0) is 60.9 Å². The number of sulfonamides is 1. The first-order valence-corrected chi connectivity index (χ1v) is 8.91. The summed E-state index contributed by atoms with van der Waals surface area (Å²) in [5.74, 6) is -1.11. The minimum absolute atomic E-state index is 0.0799. The SMILES string of the molecule is Cc1ccc(NS(=O)(=O)c2ccc(Cl)cc2)cc1C[C@H](N)C(=O)O. The van der Waals surface area contributed by atoms with Gasteiger partial charge in [-0.3, -0.25) is 9.52 Å². The Morgan fingerprint density at radius 1 is 1.25 bits per heavy atom. The van der Waals surface area contributed by atoms with Crippen molar-refractivity contribution < 1.29 is 18.3 Å². The average molecular weight is 369 g/mol. The van der Waals surface area contributed by atoms with E-state index in [1.807, 2.05) is 0 Å². The van der Waals surface area contributed by atoms with Gasteiger partial charge >= 0.3 is 5.97 Å². The van der Waals surface area contributed by atoms with Crippen LogP contribution in [-0.2, 0) is 21.2 Å². The summed E-state index contributed by atoms with van der Waals surface area (Å²) < 4.78 is 27.2. The molecule has 0 radical (unpaired) electrons. The molecule has 1 atom stereocenters. The van der Waals surface area contributed by atoms with E-state index < -0.39 is 22.0 Å². The van der Waals surface area contributed by atoms with E-state index >= 15 is 0 Å². The number of carboxylic acid groups (broad SMARTS) is 1. The molecule has 0 bridgehead atoms. The predicted octanol–water partition coefficient (Wildman–Crippen LogP) is 2.40. The Labute approximate surface area is 145 Å². The third kappa shape index (κ3) is 4.47. The Hall–Kier alpha value is -2.09. The Balaban J connectivity index is 2.26. The highest BCUT2D eigenvalue weighted by molar-refractivity contribution is 7.92. The van der Waals surface area contributed by atoms with E-state index in [1.165, 1.54) is 24.3 Å². The second kappa shape index (κ2) is 7.21. The zero-order valence-electron chi connectivity index (χ0n) is 12.9. The van der Waals surface area contributed by atoms with Gasteiger partial charge in [0, 0.05) is 10.7 Å². The second-order valence-corrected chi connectivity index (χ2v) is 7.47. The van der Waals surface area contributed by atoms with Crippen LogP contribution >= 0.6 is 11.6 Å². The fourth-order valence-electron chi connectivity index (χ4n) is 2.11. The Morgan fingerprint density at radius 3 is 2.46 bits per heavy atom. The van der Waals surface area contributed by atoms with Gasteiger partial charge in [0.1, 0.15) is 6.04 Å². The third-order valence-corrected chi connectivity index (χ3v) is 5.13. The molecule has 0 spiro atoms. The van der Waals surface area contributed by atoms with Gasteiger partial charge in [-0.15, -0.1) is 0 Å². The first kappa shape index (κ1) is 18.3. The zero-order chi connectivity index (χ0) is 17.9. The monoisotopic (exact) mass is 368 g/mol. The van der Waals surface area contributed by atoms with Crippen molar-refractivity contribution in [1.29, 1.82) is 0 Å². The molecule has 0 aromatic heterocycles. The Bertz CT molecular complexity index is 851. The van der Waals surface area contributed by atoms with Gasteiger partial charge in [0.05, 0.1) is 4.90 Å². The molecule has 0 heterocycles. The third-order valence-electron chi connectivity index (χ3n) is 3.48. The fourth-order valence-corrected chi connectivity index (χ4v) is 3.28. The van der Waals surface area contributed by atoms with Gasteiger partial charge < -0.3 is 10.8 Å². The first-order valence-electron chi connectivity index (χ1n) is 7.05. The van der Waals surface area contributed by atoms with E-state index in [2.05, 4.69) is 4.72 Å². The molecule has 0 aliphatic heterocycles. The maximum absolute atomic E-state index is 12.4. The fraction of sp³-hybridized carbons (Fsp3) is 0.188. The molecule has 0 unspecified atom stereocenters. The second-order valence-electron chi connectivity index (χ2n) is 5.35. The van der Waals surface area contributed by atoms with Crippen LogP contribution in [0.2, 0.25) is 5.02 Å². The Morgan fingerprint density at radius 2 is 1.88 bits per heavy atom. The number of carboxylic acids is 1. The number of hydrogen-bond acceptors (Lipinski definition) is 4. The highest BCUT2D eigenvalue weighted by Gasteiger charge is 2.17. The largest absolute Gasteiger partial charge is 0.480 e. The maximum Gasteiger partial charge on any atom is 0.320 e. The Kier molecular flexibility index (Phi) is 5.48. The molecule has 2 aromatic carbocycles. The number of hydrogen-bond donors (Lipinski definition) is 3. The molecule has 6 nitrogen and oxygen atoms in total. The molecule has 0 aliphatic rings. The van der Waals surface area contributed by atoms with Crippen molar-refractivity contribution >= 4 is 33.3 Å². The summed E-state index contributed by atoms with van der Waals surface area (Å²) in [7, 11) is -3.76. The van der Waals surface area contributed by atoms with Crippen LogP contribution < -0.4 is 10.5 Å². The number of anilines is 1. The molecule has 4 N–H and O–H groups in total. The van der Waals surface area contributed by atoms with Crippen molar-refractivity contribution in [2.75, 3.05) is 4.72 Å². The normalized spacial score (nSPS) is 12.6. The lowest BCUT2D eigenvalue weighted by Crippen LogP contribution is -2.32. The molecular weight excluding hydrogens is 352 g/mol. The zero-order valence-corrected chi connectivity index (χ0v) is 14.4. The molecule has 0 saturated heterocycles. The molecule has 2 aromatic rings. The van der Waals surface area contributed by atoms with Crippen LogP contribution in [0.5, 0.6) is 0 Å². The molecule has 2 rings (SSSR count). The summed E-state index contributed by atoms with van der Waals surface area (Å²) in [6.45, 7) is 1.81. The summed E-state index contributed by atoms with van der Waals surface area (Å²) in [5.41, 5.74) is 7.39. The molecule has 0 saturated carbocycles. The smallest absolute Gasteiger partial charge is 0.320 e. The number of halogens is 1. The lowest BCUT2D eigenvalue weighted by atomic mass is 10.0. The van der Waals surface area contributed by atoms with Gasteiger partial charge in [-0.25, -0.2) is 8.42 Å². The van der Waals surface area contributed by atoms with Crippen molar-refractivity contribution in [2.24, 2.45) is 5.73 Å². The molecule has 24 heavy (non-hydrogen) atoms. The van der Waals surface area contributed by atoms with Crippen LogP contribution in [0.15, 0.2) is 47.4 Å². The number of rotatable bonds is 6. The highest BCUT2D eigenvalue weighted by Crippen LogP contribution is 2.21. The molecule has 0 aliphatic carbocycles. The van der Waals surface area contributed by atoms with Crippen molar-refractivity contribution in [3.05, 3.63) is 58.6 Å². The maximum atomic E-state index is 12.4. The molecule has 0 amide bonds. The average Bonchev–Trinajstić information content (AvgIpc) is 2.50. The van der Waals surface area contributed by atoms with E-state index in [9.17, 15) is 13.2 Å². The van der Waals surface area contributed by atoms with Crippen LogP contribution in [0.4, 0.5) is 5.69 Å². The lowest BCUT2D eigenvalue weighted by Gasteiger charge is -2.13. The number of carbonyl (C=O) groups is 1. The quantitative estimate of drug-likeness (QED) is 0.725. The minimum atomic E-state index is -3.76. The van der Waals surface area contributed by atoms with Gasteiger partial charge in [-0.2, -0.15) is 0 Å². The van der Waals surface area contributed by atoms with Crippen LogP contribution in [0.25, 0.3) is 0 Å².